The molecule has 7 aliphatic rings. The quantitative estimate of drug-likeness (QED) is 0.168. The summed E-state index contributed by atoms with van der Waals surface area (Å²) in [5.74, 6) is -6.74. The molecule has 7 rings (SSSR count). The minimum Gasteiger partial charge on any atom is -0.461 e. The molecular formula is C36H46O14. The van der Waals surface area contributed by atoms with Gasteiger partial charge in [-0.05, 0) is 30.9 Å². The molecule has 14 nitrogen and oxygen atoms in total. The van der Waals surface area contributed by atoms with E-state index in [4.69, 9.17) is 33.2 Å². The van der Waals surface area contributed by atoms with E-state index < -0.39 is 124 Å². The number of esters is 5. The molecule has 2 N–H and O–H groups in total. The molecule has 4 saturated heterocycles. The smallest absolute Gasteiger partial charge is 0.336 e. The van der Waals surface area contributed by atoms with Gasteiger partial charge in [0.2, 0.25) is 6.29 Å². The summed E-state index contributed by atoms with van der Waals surface area (Å²) < 4.78 is 42.4. The van der Waals surface area contributed by atoms with Crippen LogP contribution in [-0.4, -0.2) is 101 Å². The maximum atomic E-state index is 13.8. The van der Waals surface area contributed by atoms with E-state index in [-0.39, 0.29) is 25.0 Å². The SMILES string of the molecule is C=C1C2C(OC3CC(=O)OC4(C)COC(=O)CC4C32C)C(OC(=O)C(O)C(C)C)C2(C)C(C3=CC(O)OC3=O)C(OC(=O)C(C)CC)C3OC132. The molecule has 0 aromatic heterocycles. The molecule has 2 aliphatic carbocycles. The first-order valence-electron chi connectivity index (χ1n) is 17.5. The highest BCUT2D eigenvalue weighted by molar-refractivity contribution is 5.92. The molecule has 1 spiro atoms. The van der Waals surface area contributed by atoms with E-state index >= 15 is 0 Å². The zero-order valence-corrected chi connectivity index (χ0v) is 29.3. The molecule has 15 atom stereocenters. The molecule has 14 heteroatoms. The van der Waals surface area contributed by atoms with Gasteiger partial charge < -0.3 is 43.4 Å². The molecule has 5 heterocycles. The molecule has 0 amide bonds. The van der Waals surface area contributed by atoms with Crippen LogP contribution in [0.5, 0.6) is 0 Å². The predicted octanol–water partition coefficient (Wildman–Crippen LogP) is 1.68. The van der Waals surface area contributed by atoms with Crippen molar-refractivity contribution in [3.8, 4) is 0 Å². The van der Waals surface area contributed by atoms with Crippen molar-refractivity contribution in [3.63, 3.8) is 0 Å². The van der Waals surface area contributed by atoms with E-state index in [0.29, 0.717) is 12.0 Å². The number of aliphatic hydroxyl groups excluding tert-OH is 2. The van der Waals surface area contributed by atoms with Gasteiger partial charge in [-0.3, -0.25) is 14.4 Å². The van der Waals surface area contributed by atoms with Crippen molar-refractivity contribution in [1.29, 1.82) is 0 Å². The van der Waals surface area contributed by atoms with Crippen molar-refractivity contribution in [2.45, 2.75) is 122 Å². The lowest BCUT2D eigenvalue weighted by molar-refractivity contribution is -0.209. The zero-order chi connectivity index (χ0) is 36.5. The van der Waals surface area contributed by atoms with Gasteiger partial charge in [0.15, 0.2) is 6.10 Å². The van der Waals surface area contributed by atoms with Crippen molar-refractivity contribution in [2.75, 3.05) is 6.61 Å². The number of hydrogen-bond acceptors (Lipinski definition) is 14. The van der Waals surface area contributed by atoms with Crippen molar-refractivity contribution < 1.29 is 67.3 Å². The second-order valence-electron chi connectivity index (χ2n) is 16.1. The van der Waals surface area contributed by atoms with E-state index in [9.17, 15) is 34.2 Å². The van der Waals surface area contributed by atoms with Crippen molar-refractivity contribution >= 4 is 29.8 Å². The van der Waals surface area contributed by atoms with Crippen LogP contribution in [0, 0.1) is 40.4 Å². The summed E-state index contributed by atoms with van der Waals surface area (Å²) in [6.45, 7) is 16.7. The van der Waals surface area contributed by atoms with Gasteiger partial charge in [0, 0.05) is 28.7 Å². The molecule has 5 aliphatic heterocycles. The number of rotatable bonds is 7. The molecule has 50 heavy (non-hydrogen) atoms. The lowest BCUT2D eigenvalue weighted by Gasteiger charge is -2.56. The summed E-state index contributed by atoms with van der Waals surface area (Å²) in [5, 5.41) is 21.3. The molecular weight excluding hydrogens is 656 g/mol. The highest BCUT2D eigenvalue weighted by atomic mass is 16.7. The Kier molecular flexibility index (Phi) is 7.95. The third-order valence-electron chi connectivity index (χ3n) is 13.1. The Morgan fingerprint density at radius 1 is 1.04 bits per heavy atom. The third kappa shape index (κ3) is 4.49. The molecule has 2 saturated carbocycles. The van der Waals surface area contributed by atoms with Gasteiger partial charge in [0.05, 0.1) is 30.3 Å². The Bertz CT molecular complexity index is 1590. The first-order chi connectivity index (χ1) is 23.4. The third-order valence-corrected chi connectivity index (χ3v) is 13.1. The summed E-state index contributed by atoms with van der Waals surface area (Å²) in [6.07, 6.45) is -6.74. The Morgan fingerprint density at radius 3 is 2.36 bits per heavy atom. The van der Waals surface area contributed by atoms with Crippen molar-refractivity contribution in [2.24, 2.45) is 40.4 Å². The van der Waals surface area contributed by atoms with Crippen LogP contribution >= 0.6 is 0 Å². The summed E-state index contributed by atoms with van der Waals surface area (Å²) >= 11 is 0. The first kappa shape index (κ1) is 35.1. The number of hydrogen-bond donors (Lipinski definition) is 2. The van der Waals surface area contributed by atoms with Gasteiger partial charge in [0.1, 0.15) is 42.2 Å². The number of epoxide rings is 1. The van der Waals surface area contributed by atoms with Gasteiger partial charge in [-0.25, -0.2) is 9.59 Å². The molecule has 0 aromatic carbocycles. The Labute approximate surface area is 289 Å². The van der Waals surface area contributed by atoms with E-state index in [2.05, 4.69) is 6.58 Å². The molecule has 0 bridgehead atoms. The highest BCUT2D eigenvalue weighted by Gasteiger charge is 2.89. The second-order valence-corrected chi connectivity index (χ2v) is 16.1. The van der Waals surface area contributed by atoms with Gasteiger partial charge in [-0.15, -0.1) is 0 Å². The van der Waals surface area contributed by atoms with Gasteiger partial charge in [0.25, 0.3) is 0 Å². The van der Waals surface area contributed by atoms with Gasteiger partial charge in [-0.2, -0.15) is 0 Å². The van der Waals surface area contributed by atoms with Gasteiger partial charge in [-0.1, -0.05) is 48.1 Å². The van der Waals surface area contributed by atoms with E-state index in [1.165, 1.54) is 6.08 Å². The maximum absolute atomic E-state index is 13.8. The Balaban J connectivity index is 1.42. The summed E-state index contributed by atoms with van der Waals surface area (Å²) in [5.41, 5.74) is -4.56. The van der Waals surface area contributed by atoms with Crippen LogP contribution in [-0.2, 0) is 57.1 Å². The topological polar surface area (TPSA) is 194 Å². The van der Waals surface area contributed by atoms with E-state index in [0.717, 1.165) is 0 Å². The molecule has 6 fully saturated rings. The fourth-order valence-electron chi connectivity index (χ4n) is 10.3. The molecule has 0 radical (unpaired) electrons. The highest BCUT2D eigenvalue weighted by Crippen LogP contribution is 2.78. The number of ether oxygens (including phenoxy) is 7. The first-order valence-corrected chi connectivity index (χ1v) is 17.5. The fourth-order valence-corrected chi connectivity index (χ4v) is 10.3. The van der Waals surface area contributed by atoms with Crippen molar-refractivity contribution in [1.82, 2.24) is 0 Å². The standard InChI is InChI=1S/C36H46O14/c1-9-15(4)30(41)47-27-24(17-10-21(38)46-31(17)42)35(8)28(48-32(43)25(40)14(2)3)26-23(16(5)36(35)29(27)50-36)34(7)18-11-20(37)44-13-33(18,6)49-22(39)12-19(34)45-26/h10,14-15,18-19,21,23-29,38,40H,5,9,11-13H2,1-4,6-8H3. The largest absolute Gasteiger partial charge is 0.461 e. The number of carbonyl (C=O) groups is 5. The van der Waals surface area contributed by atoms with Crippen LogP contribution in [0.1, 0.15) is 67.7 Å². The van der Waals surface area contributed by atoms with Crippen LogP contribution in [0.2, 0.25) is 0 Å². The average Bonchev–Trinajstić information content (AvgIpc) is 3.58. The normalized spacial score (nSPS) is 46.8. The lowest BCUT2D eigenvalue weighted by Crippen LogP contribution is -2.65. The van der Waals surface area contributed by atoms with Crippen LogP contribution < -0.4 is 0 Å². The maximum Gasteiger partial charge on any atom is 0.336 e. The van der Waals surface area contributed by atoms with E-state index in [1.54, 1.807) is 34.6 Å². The van der Waals surface area contributed by atoms with Crippen LogP contribution in [0.25, 0.3) is 0 Å². The van der Waals surface area contributed by atoms with Crippen LogP contribution in [0.4, 0.5) is 0 Å². The minimum absolute atomic E-state index is 0.0124. The summed E-state index contributed by atoms with van der Waals surface area (Å²) in [6, 6.07) is 0. The lowest BCUT2D eigenvalue weighted by atomic mass is 9.48. The van der Waals surface area contributed by atoms with Gasteiger partial charge >= 0.3 is 29.8 Å². The van der Waals surface area contributed by atoms with E-state index in [1.807, 2.05) is 13.8 Å². The monoisotopic (exact) mass is 702 g/mol. The summed E-state index contributed by atoms with van der Waals surface area (Å²) in [7, 11) is 0. The second kappa shape index (κ2) is 11.3. The fraction of sp³-hybridized carbons (Fsp3) is 0.750. The number of cyclic esters (lactones) is 2. The van der Waals surface area contributed by atoms with Crippen molar-refractivity contribution in [3.05, 3.63) is 23.8 Å². The Morgan fingerprint density at radius 2 is 1.74 bits per heavy atom. The minimum atomic E-state index is -1.56. The van der Waals surface area contributed by atoms with Crippen LogP contribution in [0.15, 0.2) is 23.8 Å². The number of aliphatic hydroxyl groups is 2. The average molecular weight is 703 g/mol. The zero-order valence-electron chi connectivity index (χ0n) is 29.3. The molecule has 274 valence electrons. The van der Waals surface area contributed by atoms with Crippen LogP contribution in [0.3, 0.4) is 0 Å². The Hall–Kier alpha value is -3.33. The summed E-state index contributed by atoms with van der Waals surface area (Å²) in [4.78, 5) is 66.8. The predicted molar refractivity (Wildman–Crippen MR) is 167 cm³/mol. The molecule has 0 aromatic rings. The number of fused-ring (bicyclic) bond motifs is 5. The molecule has 15 unspecified atom stereocenters. The number of carbonyl (C=O) groups excluding carboxylic acids is 5.